The average molecular weight is 576 g/mol. The predicted octanol–water partition coefficient (Wildman–Crippen LogP) is 3.29. The van der Waals surface area contributed by atoms with E-state index in [1.54, 1.807) is 19.2 Å². The Morgan fingerprint density at radius 2 is 1.71 bits per heavy atom. The van der Waals surface area contributed by atoms with Crippen LogP contribution in [-0.4, -0.2) is 73.2 Å². The maximum absolute atomic E-state index is 13.3. The molecule has 0 spiro atoms. The van der Waals surface area contributed by atoms with E-state index < -0.39 is 0 Å². The number of ether oxygens (including phenoxy) is 1. The minimum Gasteiger partial charge on any atom is -0.402 e. The fourth-order valence-electron chi connectivity index (χ4n) is 5.65. The summed E-state index contributed by atoms with van der Waals surface area (Å²) in [5, 5.41) is 5.31. The number of nitrogens with one attached hydrogen (secondary N) is 3. The van der Waals surface area contributed by atoms with E-state index in [0.29, 0.717) is 56.7 Å². The first-order chi connectivity index (χ1) is 20.5. The summed E-state index contributed by atoms with van der Waals surface area (Å²) in [6.07, 6.45) is 1.85. The van der Waals surface area contributed by atoms with Crippen LogP contribution in [0.4, 0.5) is 20.7 Å². The molecule has 0 radical (unpaired) electrons. The molecule has 4 heterocycles. The minimum atomic E-state index is -0.308. The quantitative estimate of drug-likeness (QED) is 0.410. The van der Waals surface area contributed by atoms with Crippen molar-refractivity contribution < 1.29 is 23.6 Å². The largest absolute Gasteiger partial charge is 0.402 e. The SMILES string of the molecule is CNC(=O)Nc1ccc(-c2nc3c(c(N4CCOCC4)n2)ONC3C2CCN(C(=O)Cc3ccc(F)cc3)CC2)cc1. The number of rotatable bonds is 6. The van der Waals surface area contributed by atoms with Crippen LogP contribution in [0.25, 0.3) is 11.4 Å². The molecule has 0 bridgehead atoms. The molecule has 1 aromatic heterocycles. The van der Waals surface area contributed by atoms with E-state index in [4.69, 9.17) is 19.5 Å². The standard InChI is InChI=1S/C30H34FN7O4/c1-32-30(40)33-23-8-4-21(5-9-23)28-34-26-25(36-42-27(26)29(35-28)38-14-16-41-17-15-38)20-10-12-37(13-11-20)24(39)18-19-2-6-22(31)7-3-19/h2-9,20,25,36H,10-18H2,1H3,(H2,32,33,40). The number of carbonyl (C=O) groups is 2. The van der Waals surface area contributed by atoms with Gasteiger partial charge in [-0.3, -0.25) is 4.79 Å². The number of benzene rings is 2. The van der Waals surface area contributed by atoms with Crippen LogP contribution in [-0.2, 0) is 16.0 Å². The van der Waals surface area contributed by atoms with Crippen LogP contribution >= 0.6 is 0 Å². The first kappa shape index (κ1) is 27.9. The molecule has 220 valence electrons. The first-order valence-corrected chi connectivity index (χ1v) is 14.3. The lowest BCUT2D eigenvalue weighted by molar-refractivity contribution is -0.132. The first-order valence-electron chi connectivity index (χ1n) is 14.3. The molecule has 42 heavy (non-hydrogen) atoms. The van der Waals surface area contributed by atoms with Crippen LogP contribution in [0.2, 0.25) is 0 Å². The topological polar surface area (TPSA) is 121 Å². The number of hydroxylamine groups is 1. The lowest BCUT2D eigenvalue weighted by Crippen LogP contribution is -2.42. The molecular formula is C30H34FN7O4. The number of anilines is 2. The van der Waals surface area contributed by atoms with Crippen molar-refractivity contribution >= 4 is 23.4 Å². The highest BCUT2D eigenvalue weighted by atomic mass is 19.1. The molecule has 3 aliphatic heterocycles. The summed E-state index contributed by atoms with van der Waals surface area (Å²) in [6, 6.07) is 13.1. The van der Waals surface area contributed by atoms with Gasteiger partial charge in [0.15, 0.2) is 11.6 Å². The van der Waals surface area contributed by atoms with Crippen molar-refractivity contribution in [2.45, 2.75) is 25.3 Å². The van der Waals surface area contributed by atoms with Gasteiger partial charge in [0.1, 0.15) is 11.5 Å². The summed E-state index contributed by atoms with van der Waals surface area (Å²) in [4.78, 5) is 44.6. The molecule has 2 saturated heterocycles. The zero-order chi connectivity index (χ0) is 29.1. The van der Waals surface area contributed by atoms with E-state index in [-0.39, 0.29) is 36.1 Å². The third-order valence-electron chi connectivity index (χ3n) is 8.03. The molecule has 3 aromatic rings. The van der Waals surface area contributed by atoms with Gasteiger partial charge in [0.25, 0.3) is 0 Å². The number of fused-ring (bicyclic) bond motifs is 1. The van der Waals surface area contributed by atoms with Crippen molar-refractivity contribution in [1.82, 2.24) is 25.7 Å². The number of halogens is 1. The lowest BCUT2D eigenvalue weighted by Gasteiger charge is -2.34. The monoisotopic (exact) mass is 575 g/mol. The van der Waals surface area contributed by atoms with Gasteiger partial charge in [-0.1, -0.05) is 12.1 Å². The maximum Gasteiger partial charge on any atom is 0.318 e. The normalized spacial score (nSPS) is 18.8. The summed E-state index contributed by atoms with van der Waals surface area (Å²) >= 11 is 0. The van der Waals surface area contributed by atoms with E-state index >= 15 is 0 Å². The molecule has 3 N–H and O–H groups in total. The van der Waals surface area contributed by atoms with Gasteiger partial charge >= 0.3 is 6.03 Å². The van der Waals surface area contributed by atoms with Crippen LogP contribution in [0, 0.1) is 11.7 Å². The summed E-state index contributed by atoms with van der Waals surface area (Å²) in [6.45, 7) is 3.87. The Kier molecular flexibility index (Phi) is 8.15. The number of likely N-dealkylation sites (tertiary alicyclic amines) is 1. The van der Waals surface area contributed by atoms with Crippen molar-refractivity contribution in [2.75, 3.05) is 56.7 Å². The fourth-order valence-corrected chi connectivity index (χ4v) is 5.65. The van der Waals surface area contributed by atoms with E-state index in [9.17, 15) is 14.0 Å². The van der Waals surface area contributed by atoms with Crippen molar-refractivity contribution in [3.63, 3.8) is 0 Å². The zero-order valence-electron chi connectivity index (χ0n) is 23.4. The number of hydrogen-bond donors (Lipinski definition) is 3. The van der Waals surface area contributed by atoms with Gasteiger partial charge in [-0.05, 0) is 60.7 Å². The molecule has 11 nitrogen and oxygen atoms in total. The van der Waals surface area contributed by atoms with Crippen molar-refractivity contribution in [2.24, 2.45) is 5.92 Å². The van der Waals surface area contributed by atoms with Gasteiger partial charge in [0.2, 0.25) is 11.7 Å². The van der Waals surface area contributed by atoms with Gasteiger partial charge in [-0.15, -0.1) is 5.48 Å². The summed E-state index contributed by atoms with van der Waals surface area (Å²) in [7, 11) is 1.57. The number of piperidine rings is 1. The molecule has 1 unspecified atom stereocenters. The van der Waals surface area contributed by atoms with Gasteiger partial charge < -0.3 is 30.0 Å². The van der Waals surface area contributed by atoms with Crippen LogP contribution in [0.3, 0.4) is 0 Å². The highest BCUT2D eigenvalue weighted by Crippen LogP contribution is 2.43. The van der Waals surface area contributed by atoms with Crippen LogP contribution < -0.4 is 25.9 Å². The third-order valence-corrected chi connectivity index (χ3v) is 8.03. The van der Waals surface area contributed by atoms with E-state index in [0.717, 1.165) is 35.5 Å². The van der Waals surface area contributed by atoms with Crippen molar-refractivity contribution in [3.8, 4) is 17.1 Å². The predicted molar refractivity (Wildman–Crippen MR) is 154 cm³/mol. The third kappa shape index (κ3) is 6.00. The lowest BCUT2D eigenvalue weighted by atomic mass is 9.87. The van der Waals surface area contributed by atoms with Crippen LogP contribution in [0.1, 0.15) is 30.1 Å². The van der Waals surface area contributed by atoms with Crippen LogP contribution in [0.15, 0.2) is 48.5 Å². The van der Waals surface area contributed by atoms with E-state index in [1.165, 1.54) is 12.1 Å². The van der Waals surface area contributed by atoms with Gasteiger partial charge in [0, 0.05) is 44.5 Å². The second-order valence-corrected chi connectivity index (χ2v) is 10.7. The minimum absolute atomic E-state index is 0.0460. The smallest absolute Gasteiger partial charge is 0.318 e. The molecule has 3 aliphatic rings. The number of urea groups is 1. The number of aromatic nitrogens is 2. The van der Waals surface area contributed by atoms with E-state index in [2.05, 4.69) is 21.0 Å². The fraction of sp³-hybridized carbons (Fsp3) is 0.400. The molecule has 6 rings (SSSR count). The molecule has 1 atom stereocenters. The Morgan fingerprint density at radius 3 is 2.40 bits per heavy atom. The summed E-state index contributed by atoms with van der Waals surface area (Å²) < 4.78 is 18.8. The average Bonchev–Trinajstić information content (AvgIpc) is 3.46. The van der Waals surface area contributed by atoms with Crippen LogP contribution in [0.5, 0.6) is 5.75 Å². The number of carbonyl (C=O) groups excluding carboxylic acids is 2. The second kappa shape index (κ2) is 12.3. The second-order valence-electron chi connectivity index (χ2n) is 10.7. The number of nitrogens with zero attached hydrogens (tertiary/aromatic N) is 4. The van der Waals surface area contributed by atoms with E-state index in [1.807, 2.05) is 29.2 Å². The molecular weight excluding hydrogens is 541 g/mol. The number of hydrogen-bond acceptors (Lipinski definition) is 8. The number of amides is 3. The Balaban J connectivity index is 1.21. The Labute approximate surface area is 243 Å². The molecule has 3 amide bonds. The molecule has 12 heteroatoms. The molecule has 2 fully saturated rings. The number of morpholine rings is 1. The molecule has 0 saturated carbocycles. The molecule has 2 aromatic carbocycles. The highest BCUT2D eigenvalue weighted by molar-refractivity contribution is 5.89. The summed E-state index contributed by atoms with van der Waals surface area (Å²) in [5.74, 6) is 1.89. The summed E-state index contributed by atoms with van der Waals surface area (Å²) in [5.41, 5.74) is 6.32. The maximum atomic E-state index is 13.3. The van der Waals surface area contributed by atoms with Gasteiger partial charge in [-0.2, -0.15) is 0 Å². The van der Waals surface area contributed by atoms with Crippen molar-refractivity contribution in [3.05, 3.63) is 65.6 Å². The highest BCUT2D eigenvalue weighted by Gasteiger charge is 2.39. The Bertz CT molecular complexity index is 1420. The Hall–Kier alpha value is -4.29. The van der Waals surface area contributed by atoms with Gasteiger partial charge in [-0.25, -0.2) is 19.2 Å². The van der Waals surface area contributed by atoms with Crippen molar-refractivity contribution in [1.29, 1.82) is 0 Å². The van der Waals surface area contributed by atoms with Gasteiger partial charge in [0.05, 0.1) is 25.7 Å². The zero-order valence-corrected chi connectivity index (χ0v) is 23.4. The Morgan fingerprint density at radius 1 is 1.00 bits per heavy atom. The molecule has 0 aliphatic carbocycles.